The number of rotatable bonds is 40. The molecule has 0 fully saturated rings. The molecule has 0 radical (unpaired) electrons. The molecule has 1 aromatic heterocycles. The second kappa shape index (κ2) is 34.4. The number of nitrogens with zero attached hydrogens (tertiary/aromatic N) is 2. The molecule has 24 heteroatoms. The van der Waals surface area contributed by atoms with E-state index in [2.05, 4.69) is 36.2 Å². The van der Waals surface area contributed by atoms with Crippen LogP contribution in [0, 0.1) is 29.6 Å². The monoisotopic (exact) mass is 1070 g/mol. The number of aromatic nitrogens is 2. The van der Waals surface area contributed by atoms with Crippen molar-refractivity contribution in [2.75, 3.05) is 32.1 Å². The van der Waals surface area contributed by atoms with Gasteiger partial charge in [-0.3, -0.25) is 48.1 Å². The van der Waals surface area contributed by atoms with Crippen LogP contribution in [0.4, 0.5) is 0 Å². The van der Waals surface area contributed by atoms with E-state index in [-0.39, 0.29) is 81.4 Å². The largest absolute Gasteiger partial charge is 0.508 e. The summed E-state index contributed by atoms with van der Waals surface area (Å²) in [5.41, 5.74) is 23.7. The predicted octanol–water partition coefficient (Wildman–Crippen LogP) is 0.567. The minimum absolute atomic E-state index is 0.0472. The number of aromatic hydroxyl groups is 1. The van der Waals surface area contributed by atoms with Crippen molar-refractivity contribution in [1.29, 1.82) is 0 Å². The van der Waals surface area contributed by atoms with Crippen molar-refractivity contribution in [3.05, 3.63) is 48.0 Å². The highest BCUT2D eigenvalue weighted by Crippen LogP contribution is 2.23. The van der Waals surface area contributed by atoms with Gasteiger partial charge in [0.15, 0.2) is 29.1 Å². The van der Waals surface area contributed by atoms with Gasteiger partial charge in [0.2, 0.25) is 23.6 Å². The summed E-state index contributed by atoms with van der Waals surface area (Å²) < 4.78 is 0. The summed E-state index contributed by atoms with van der Waals surface area (Å²) in [4.78, 5) is 134. The number of hydrogen-bond donors (Lipinski definition) is 12. The molecule has 0 spiro atoms. The molecular formula is C51H81N11O12S. The van der Waals surface area contributed by atoms with Gasteiger partial charge in [-0.25, -0.2) is 4.98 Å². The topological polar surface area (TPSA) is 408 Å². The zero-order chi connectivity index (χ0) is 56.2. The maximum Gasteiger partial charge on any atom is 0.305 e. The van der Waals surface area contributed by atoms with Gasteiger partial charge in [-0.1, -0.05) is 32.4 Å². The number of likely N-dealkylation sites (N-methyl/N-ethyl adjacent to an activating group) is 1. The molecule has 0 saturated heterocycles. The Morgan fingerprint density at radius 1 is 0.707 bits per heavy atom. The fourth-order valence-electron chi connectivity index (χ4n) is 8.50. The Morgan fingerprint density at radius 3 is 1.79 bits per heavy atom. The molecule has 1 aromatic carbocycles. The van der Waals surface area contributed by atoms with E-state index < -0.39 is 127 Å². The smallest absolute Gasteiger partial charge is 0.305 e. The summed E-state index contributed by atoms with van der Waals surface area (Å²) >= 11 is 1.52. The van der Waals surface area contributed by atoms with Gasteiger partial charge in [0, 0.05) is 62.4 Å². The van der Waals surface area contributed by atoms with E-state index in [1.54, 1.807) is 7.05 Å². The summed E-state index contributed by atoms with van der Waals surface area (Å²) in [6, 6.07) is 1.12. The summed E-state index contributed by atoms with van der Waals surface area (Å²) in [6.07, 6.45) is 2.49. The number of phenols is 1. The lowest BCUT2D eigenvalue weighted by Gasteiger charge is -2.27. The Morgan fingerprint density at radius 2 is 1.27 bits per heavy atom. The van der Waals surface area contributed by atoms with Crippen LogP contribution in [0.2, 0.25) is 0 Å². The van der Waals surface area contributed by atoms with Crippen LogP contribution in [0.25, 0.3) is 0 Å². The molecule has 9 atom stereocenters. The number of carbonyl (C=O) groups is 9. The van der Waals surface area contributed by atoms with E-state index in [1.807, 2.05) is 20.1 Å². The van der Waals surface area contributed by atoms with Crippen molar-refractivity contribution in [2.24, 2.45) is 57.5 Å². The van der Waals surface area contributed by atoms with Gasteiger partial charge in [-0.15, -0.1) is 0 Å². The molecule has 0 bridgehead atoms. The van der Waals surface area contributed by atoms with Crippen molar-refractivity contribution >= 4 is 70.5 Å². The number of aromatic amines is 1. The SMILES string of the molecule is CN[C@@H](CCSC)C(=O)C[C@H](C(=O)N[C@@H](CC(=O)O)C(=O)C[C@@H](CCCCN)C(=O)N[C@@H](Cc1ccc(O)cc1)C(=O)C[C@@H](CCCN=C(N)N)C(=O)N[C@@H](CC(C)C)C(=O)C[C@@H](Cc1cnc[nH]1)C(N)=O)[C@@H](C)O. The number of hydrogen-bond acceptors (Lipinski definition) is 16. The first-order chi connectivity index (χ1) is 35.5. The van der Waals surface area contributed by atoms with Crippen molar-refractivity contribution in [3.8, 4) is 5.75 Å². The third kappa shape index (κ3) is 24.8. The van der Waals surface area contributed by atoms with Gasteiger partial charge in [0.1, 0.15) is 5.75 Å². The summed E-state index contributed by atoms with van der Waals surface area (Å²) in [5.74, 6) is -11.1. The number of Topliss-reactive ketones (excluding diaryl/α,β-unsaturated/α-hetero) is 4. The predicted molar refractivity (Wildman–Crippen MR) is 284 cm³/mol. The van der Waals surface area contributed by atoms with E-state index in [1.165, 1.54) is 55.5 Å². The number of benzene rings is 1. The van der Waals surface area contributed by atoms with Crippen LogP contribution >= 0.6 is 11.8 Å². The van der Waals surface area contributed by atoms with Gasteiger partial charge >= 0.3 is 5.97 Å². The average molecular weight is 1070 g/mol. The van der Waals surface area contributed by atoms with Gasteiger partial charge < -0.3 is 64.5 Å². The zero-order valence-electron chi connectivity index (χ0n) is 43.9. The first kappa shape index (κ1) is 64.9. The number of nitrogens with one attached hydrogen (secondary N) is 5. The fraction of sp³-hybridized carbons (Fsp3) is 0.627. The van der Waals surface area contributed by atoms with Crippen molar-refractivity contribution in [3.63, 3.8) is 0 Å². The van der Waals surface area contributed by atoms with E-state index in [9.17, 15) is 58.5 Å². The number of aliphatic carboxylic acids is 1. The highest BCUT2D eigenvalue weighted by Gasteiger charge is 2.37. The highest BCUT2D eigenvalue weighted by atomic mass is 32.2. The number of thioether (sulfide) groups is 1. The molecule has 0 saturated carbocycles. The Kier molecular flexibility index (Phi) is 29.7. The molecule has 418 valence electrons. The van der Waals surface area contributed by atoms with Crippen LogP contribution in [-0.2, 0) is 56.0 Å². The number of carboxylic acids is 1. The van der Waals surface area contributed by atoms with Gasteiger partial charge in [-0.2, -0.15) is 11.8 Å². The molecule has 0 unspecified atom stereocenters. The number of aliphatic hydroxyl groups excluding tert-OH is 1. The number of imidazole rings is 1. The average Bonchev–Trinajstić information content (AvgIpc) is 3.86. The van der Waals surface area contributed by atoms with Crippen LogP contribution in [0.5, 0.6) is 5.75 Å². The lowest BCUT2D eigenvalue weighted by Crippen LogP contribution is -2.50. The van der Waals surface area contributed by atoms with Crippen LogP contribution in [0.15, 0.2) is 41.8 Å². The lowest BCUT2D eigenvalue weighted by atomic mass is 9.88. The number of primary amides is 1. The number of H-pyrrole nitrogens is 1. The van der Waals surface area contributed by atoms with E-state index in [4.69, 9.17) is 22.9 Å². The minimum atomic E-state index is -1.68. The number of nitrogens with two attached hydrogens (primary N) is 4. The zero-order valence-corrected chi connectivity index (χ0v) is 44.7. The molecule has 1 heterocycles. The first-order valence-corrected chi connectivity index (χ1v) is 26.8. The Bertz CT molecular complexity index is 2190. The standard InChI is InChI=1S/C51H81N11O12S/c1-29(2)19-39(44(67)24-34(47(53)71)21-35-27-57-28-59-35)60-49(73)33(10-8-17-58-51(54)55)23-42(65)40(20-31-11-13-36(64)14-12-31)61-48(72)32(9-6-7-16-52)22-43(66)41(26-46(69)70)62-50(74)37(30(3)63)25-45(68)38(56-4)15-18-75-5/h11-14,27-30,32-34,37-41,56,63-64H,6-10,15-26,52H2,1-5H3,(H2,53,71)(H,57,59)(H,60,73)(H,61,72)(H,62,74)(H,69,70)(H4,54,55,58)/t30-,32-,33-,34-,37+,38+,39+,40+,41+/m1/s1. The van der Waals surface area contributed by atoms with E-state index in [0.717, 1.165) is 0 Å². The lowest BCUT2D eigenvalue weighted by molar-refractivity contribution is -0.142. The van der Waals surface area contributed by atoms with E-state index in [0.29, 0.717) is 36.3 Å². The molecule has 4 amide bonds. The summed E-state index contributed by atoms with van der Waals surface area (Å²) in [6.45, 7) is 5.32. The Hall–Kier alpha value is -6.24. The third-order valence-corrected chi connectivity index (χ3v) is 13.4. The molecule has 0 aliphatic heterocycles. The second-order valence-corrected chi connectivity index (χ2v) is 20.4. The van der Waals surface area contributed by atoms with Crippen LogP contribution in [-0.4, -0.2) is 146 Å². The summed E-state index contributed by atoms with van der Waals surface area (Å²) in [5, 5.41) is 41.4. The number of phenolic OH excluding ortho intramolecular Hbond substituents is 1. The van der Waals surface area contributed by atoms with Crippen LogP contribution < -0.4 is 44.2 Å². The van der Waals surface area contributed by atoms with Gasteiger partial charge in [0.25, 0.3) is 0 Å². The number of carboxylic acid groups (broad SMARTS) is 1. The minimum Gasteiger partial charge on any atom is -0.508 e. The molecule has 16 N–H and O–H groups in total. The Labute approximate surface area is 443 Å². The fourth-order valence-corrected chi connectivity index (χ4v) is 8.97. The molecule has 0 aliphatic rings. The van der Waals surface area contributed by atoms with Gasteiger partial charge in [-0.05, 0) is 101 Å². The van der Waals surface area contributed by atoms with Crippen molar-refractivity contribution in [2.45, 2.75) is 141 Å². The van der Waals surface area contributed by atoms with Crippen LogP contribution in [0.1, 0.15) is 109 Å². The number of amides is 4. The van der Waals surface area contributed by atoms with Crippen molar-refractivity contribution < 1.29 is 58.5 Å². The first-order valence-electron chi connectivity index (χ1n) is 25.4. The van der Waals surface area contributed by atoms with Gasteiger partial charge in [0.05, 0.1) is 54.9 Å². The number of guanidine groups is 1. The third-order valence-electron chi connectivity index (χ3n) is 12.8. The number of carbonyl (C=O) groups excluding carboxylic acids is 8. The number of aliphatic imine (C=N–C) groups is 1. The highest BCUT2D eigenvalue weighted by molar-refractivity contribution is 7.98. The molecular weight excluding hydrogens is 991 g/mol. The van der Waals surface area contributed by atoms with E-state index >= 15 is 0 Å². The maximum absolute atomic E-state index is 14.7. The number of unbranched alkanes of at least 4 members (excludes halogenated alkanes) is 1. The quantitative estimate of drug-likeness (QED) is 0.0246. The Balaban J connectivity index is 2.53. The second-order valence-electron chi connectivity index (χ2n) is 19.4. The molecule has 23 nitrogen and oxygen atoms in total. The molecule has 75 heavy (non-hydrogen) atoms. The molecule has 0 aliphatic carbocycles. The molecule has 2 aromatic rings. The molecule has 2 rings (SSSR count). The van der Waals surface area contributed by atoms with Crippen LogP contribution in [0.3, 0.4) is 0 Å². The summed E-state index contributed by atoms with van der Waals surface area (Å²) in [7, 11) is 1.59. The maximum atomic E-state index is 14.7. The number of aliphatic hydroxyl groups is 1. The van der Waals surface area contributed by atoms with Crippen molar-refractivity contribution in [1.82, 2.24) is 31.2 Å². The number of ketones is 4. The normalized spacial score (nSPS) is 14.9.